The maximum Gasteiger partial charge on any atom is 0.212 e. The molecule has 0 saturated carbocycles. The van der Waals surface area contributed by atoms with E-state index in [0.29, 0.717) is 11.9 Å². The van der Waals surface area contributed by atoms with Crippen molar-refractivity contribution in [3.63, 3.8) is 0 Å². The number of hydrogen-bond acceptors (Lipinski definition) is 4. The molecule has 0 saturated heterocycles. The summed E-state index contributed by atoms with van der Waals surface area (Å²) in [5, 5.41) is 12.0. The van der Waals surface area contributed by atoms with E-state index in [-0.39, 0.29) is 6.61 Å². The fourth-order valence-electron chi connectivity index (χ4n) is 1.22. The second-order valence-corrected chi connectivity index (χ2v) is 3.50. The first kappa shape index (κ1) is 11.9. The molecule has 0 amide bonds. The van der Waals surface area contributed by atoms with Gasteiger partial charge in [0.15, 0.2) is 0 Å². The minimum Gasteiger partial charge on any atom is -0.481 e. The Balaban J connectivity index is 2.37. The Morgan fingerprint density at radius 1 is 1.53 bits per heavy atom. The van der Waals surface area contributed by atoms with Gasteiger partial charge in [-0.2, -0.15) is 0 Å². The summed E-state index contributed by atoms with van der Waals surface area (Å²) in [5.41, 5.74) is 1.11. The van der Waals surface area contributed by atoms with Gasteiger partial charge in [0.2, 0.25) is 5.88 Å². The Hall–Kier alpha value is -1.13. The number of hydrogen-bond donors (Lipinski definition) is 2. The number of aromatic nitrogens is 1. The smallest absolute Gasteiger partial charge is 0.212 e. The zero-order chi connectivity index (χ0) is 11.1. The molecular formula is C11H18N2O2. The van der Waals surface area contributed by atoms with E-state index in [1.54, 1.807) is 13.3 Å². The van der Waals surface area contributed by atoms with Crippen molar-refractivity contribution in [3.8, 4) is 5.88 Å². The maximum absolute atomic E-state index is 8.73. The number of aliphatic hydroxyl groups is 1. The van der Waals surface area contributed by atoms with Gasteiger partial charge >= 0.3 is 0 Å². The molecule has 84 valence electrons. The van der Waals surface area contributed by atoms with Gasteiger partial charge in [-0.1, -0.05) is 6.07 Å². The summed E-state index contributed by atoms with van der Waals surface area (Å²) < 4.78 is 4.97. The van der Waals surface area contributed by atoms with Crippen LogP contribution in [-0.4, -0.2) is 29.8 Å². The number of nitrogens with zero attached hydrogens (tertiary/aromatic N) is 1. The van der Waals surface area contributed by atoms with Gasteiger partial charge in [0.1, 0.15) is 0 Å². The van der Waals surface area contributed by atoms with Gasteiger partial charge in [0.05, 0.1) is 7.11 Å². The normalized spacial score (nSPS) is 12.5. The van der Waals surface area contributed by atoms with E-state index in [1.807, 2.05) is 19.1 Å². The molecule has 1 rings (SSSR count). The summed E-state index contributed by atoms with van der Waals surface area (Å²) in [5.74, 6) is 0.627. The van der Waals surface area contributed by atoms with Crippen molar-refractivity contribution >= 4 is 0 Å². The second-order valence-electron chi connectivity index (χ2n) is 3.50. The van der Waals surface area contributed by atoms with Crippen LogP contribution in [0.2, 0.25) is 0 Å². The first-order chi connectivity index (χ1) is 7.26. The van der Waals surface area contributed by atoms with Crippen molar-refractivity contribution in [2.75, 3.05) is 13.7 Å². The molecule has 2 N–H and O–H groups in total. The van der Waals surface area contributed by atoms with Crippen molar-refractivity contribution in [2.45, 2.75) is 25.9 Å². The molecule has 1 unspecified atom stereocenters. The van der Waals surface area contributed by atoms with Crippen molar-refractivity contribution in [1.29, 1.82) is 0 Å². The minimum atomic E-state index is 0.217. The van der Waals surface area contributed by atoms with Crippen molar-refractivity contribution in [3.05, 3.63) is 23.9 Å². The molecular weight excluding hydrogens is 192 g/mol. The van der Waals surface area contributed by atoms with Crippen molar-refractivity contribution in [2.24, 2.45) is 0 Å². The van der Waals surface area contributed by atoms with E-state index < -0.39 is 0 Å². The van der Waals surface area contributed by atoms with Gasteiger partial charge < -0.3 is 15.2 Å². The number of aliphatic hydroxyl groups excluding tert-OH is 1. The quantitative estimate of drug-likeness (QED) is 0.734. The lowest BCUT2D eigenvalue weighted by Gasteiger charge is -2.11. The molecule has 1 aromatic rings. The third-order valence-electron chi connectivity index (χ3n) is 2.22. The van der Waals surface area contributed by atoms with E-state index in [9.17, 15) is 0 Å². The maximum atomic E-state index is 8.73. The molecule has 0 aromatic carbocycles. The molecule has 4 heteroatoms. The number of pyridine rings is 1. The minimum absolute atomic E-state index is 0.217. The molecule has 0 aliphatic heterocycles. The van der Waals surface area contributed by atoms with Crippen molar-refractivity contribution < 1.29 is 9.84 Å². The van der Waals surface area contributed by atoms with Crippen LogP contribution in [0.15, 0.2) is 18.3 Å². The van der Waals surface area contributed by atoms with Crippen LogP contribution in [0.1, 0.15) is 18.9 Å². The van der Waals surface area contributed by atoms with Gasteiger partial charge in [0.25, 0.3) is 0 Å². The molecule has 0 aliphatic rings. The Kier molecular flexibility index (Phi) is 5.07. The number of nitrogens with one attached hydrogen (secondary N) is 1. The summed E-state index contributed by atoms with van der Waals surface area (Å²) in [6.07, 6.45) is 2.56. The molecule has 15 heavy (non-hydrogen) atoms. The average Bonchev–Trinajstić information content (AvgIpc) is 2.27. The fourth-order valence-corrected chi connectivity index (χ4v) is 1.22. The summed E-state index contributed by atoms with van der Waals surface area (Å²) in [6.45, 7) is 3.03. The zero-order valence-electron chi connectivity index (χ0n) is 9.23. The van der Waals surface area contributed by atoms with E-state index in [0.717, 1.165) is 18.5 Å². The largest absolute Gasteiger partial charge is 0.481 e. The van der Waals surface area contributed by atoms with Crippen molar-refractivity contribution in [1.82, 2.24) is 10.3 Å². The predicted octanol–water partition coefficient (Wildman–Crippen LogP) is 0.951. The predicted molar refractivity (Wildman–Crippen MR) is 58.8 cm³/mol. The topological polar surface area (TPSA) is 54.4 Å². The van der Waals surface area contributed by atoms with Gasteiger partial charge in [-0.15, -0.1) is 0 Å². The third kappa shape index (κ3) is 4.27. The summed E-state index contributed by atoms with van der Waals surface area (Å²) >= 11 is 0. The molecule has 0 fully saturated rings. The Morgan fingerprint density at radius 3 is 2.87 bits per heavy atom. The highest BCUT2D eigenvalue weighted by Crippen LogP contribution is 2.06. The highest BCUT2D eigenvalue weighted by atomic mass is 16.5. The second kappa shape index (κ2) is 6.37. The van der Waals surface area contributed by atoms with Gasteiger partial charge in [-0.25, -0.2) is 4.98 Å². The lowest BCUT2D eigenvalue weighted by Crippen LogP contribution is -2.26. The fraction of sp³-hybridized carbons (Fsp3) is 0.545. The van der Waals surface area contributed by atoms with Crippen LogP contribution in [0.5, 0.6) is 5.88 Å². The Morgan fingerprint density at radius 2 is 2.33 bits per heavy atom. The molecule has 0 aliphatic carbocycles. The molecule has 1 aromatic heterocycles. The first-order valence-corrected chi connectivity index (χ1v) is 5.09. The van der Waals surface area contributed by atoms with Gasteiger partial charge in [-0.05, 0) is 18.9 Å². The highest BCUT2D eigenvalue weighted by Gasteiger charge is 2.00. The molecule has 0 bridgehead atoms. The van der Waals surface area contributed by atoms with Crippen LogP contribution >= 0.6 is 0 Å². The highest BCUT2D eigenvalue weighted by molar-refractivity contribution is 5.17. The van der Waals surface area contributed by atoms with Crippen LogP contribution in [-0.2, 0) is 6.54 Å². The van der Waals surface area contributed by atoms with Gasteiger partial charge in [-0.3, -0.25) is 0 Å². The van der Waals surface area contributed by atoms with E-state index in [4.69, 9.17) is 9.84 Å². The van der Waals surface area contributed by atoms with Crippen LogP contribution < -0.4 is 10.1 Å². The average molecular weight is 210 g/mol. The number of methoxy groups -OCH3 is 1. The summed E-state index contributed by atoms with van der Waals surface area (Å²) in [4.78, 5) is 4.11. The van der Waals surface area contributed by atoms with E-state index >= 15 is 0 Å². The molecule has 0 radical (unpaired) electrons. The van der Waals surface area contributed by atoms with E-state index in [1.165, 1.54) is 0 Å². The Labute approximate surface area is 90.3 Å². The summed E-state index contributed by atoms with van der Waals surface area (Å²) in [6, 6.07) is 4.13. The lowest BCUT2D eigenvalue weighted by molar-refractivity contribution is 0.268. The zero-order valence-corrected chi connectivity index (χ0v) is 9.23. The first-order valence-electron chi connectivity index (χ1n) is 5.09. The monoisotopic (exact) mass is 210 g/mol. The molecule has 4 nitrogen and oxygen atoms in total. The van der Waals surface area contributed by atoms with E-state index in [2.05, 4.69) is 10.3 Å². The summed E-state index contributed by atoms with van der Waals surface area (Å²) in [7, 11) is 1.60. The molecule has 1 heterocycles. The number of rotatable bonds is 6. The van der Waals surface area contributed by atoms with Crippen LogP contribution in [0, 0.1) is 0 Å². The number of ether oxygens (including phenoxy) is 1. The lowest BCUT2D eigenvalue weighted by atomic mass is 10.2. The SMILES string of the molecule is COc1ccc(CNC(C)CCO)cn1. The van der Waals surface area contributed by atoms with Crippen LogP contribution in [0.4, 0.5) is 0 Å². The third-order valence-corrected chi connectivity index (χ3v) is 2.22. The van der Waals surface area contributed by atoms with Gasteiger partial charge in [0, 0.05) is 31.5 Å². The molecule has 0 spiro atoms. The van der Waals surface area contributed by atoms with Crippen LogP contribution in [0.3, 0.4) is 0 Å². The molecule has 1 atom stereocenters. The Bertz CT molecular complexity index is 274. The van der Waals surface area contributed by atoms with Crippen LogP contribution in [0.25, 0.3) is 0 Å². The standard InChI is InChI=1S/C11H18N2O2/c1-9(5-6-14)12-7-10-3-4-11(15-2)13-8-10/h3-4,8-9,12,14H,5-7H2,1-2H3.